The Morgan fingerprint density at radius 3 is 2.63 bits per heavy atom. The van der Waals surface area contributed by atoms with Crippen LogP contribution in [-0.4, -0.2) is 30.6 Å². The number of hydrogen-bond acceptors (Lipinski definition) is 4. The number of nitrogens with one attached hydrogen (secondary N) is 1. The monoisotopic (exact) mass is 279 g/mol. The van der Waals surface area contributed by atoms with Crippen molar-refractivity contribution < 1.29 is 9.53 Å². The molecule has 1 aromatic carbocycles. The molecule has 0 aliphatic heterocycles. The van der Waals surface area contributed by atoms with Crippen molar-refractivity contribution in [2.24, 2.45) is 0 Å². The number of ether oxygens (including phenoxy) is 1. The Labute approximate surface area is 119 Å². The third-order valence-electron chi connectivity index (χ3n) is 3.28. The van der Waals surface area contributed by atoms with E-state index >= 15 is 0 Å². The van der Waals surface area contributed by atoms with E-state index in [9.17, 15) is 4.79 Å². The minimum Gasteiger partial charge on any atom is -0.464 e. The standard InChI is InChI=1S/C15H21NO2S/c1-3-18-14(17)15(11-19-2,16-13-9-10-13)12-7-5-4-6-8-12/h4-8,13,16H,3,9-11H2,1-2H3. The number of rotatable bonds is 7. The van der Waals surface area contributed by atoms with E-state index in [1.54, 1.807) is 11.8 Å². The number of benzene rings is 1. The maximum absolute atomic E-state index is 12.5. The molecule has 1 fully saturated rings. The molecular formula is C15H21NO2S. The molecule has 2 rings (SSSR count). The van der Waals surface area contributed by atoms with E-state index in [0.717, 1.165) is 18.4 Å². The van der Waals surface area contributed by atoms with Crippen molar-refractivity contribution in [2.75, 3.05) is 18.6 Å². The molecule has 4 heteroatoms. The van der Waals surface area contributed by atoms with E-state index < -0.39 is 5.54 Å². The van der Waals surface area contributed by atoms with Gasteiger partial charge < -0.3 is 4.74 Å². The van der Waals surface area contributed by atoms with Crippen molar-refractivity contribution >= 4 is 17.7 Å². The number of carbonyl (C=O) groups is 1. The number of esters is 1. The van der Waals surface area contributed by atoms with Gasteiger partial charge in [0.15, 0.2) is 5.54 Å². The lowest BCUT2D eigenvalue weighted by atomic mass is 9.91. The molecule has 0 saturated heterocycles. The van der Waals surface area contributed by atoms with Gasteiger partial charge in [0, 0.05) is 11.8 Å². The first-order valence-corrected chi connectivity index (χ1v) is 8.11. The molecule has 1 saturated carbocycles. The average molecular weight is 279 g/mol. The van der Waals surface area contributed by atoms with E-state index in [-0.39, 0.29) is 5.97 Å². The number of thioether (sulfide) groups is 1. The van der Waals surface area contributed by atoms with Crippen molar-refractivity contribution in [3.05, 3.63) is 35.9 Å². The van der Waals surface area contributed by atoms with Gasteiger partial charge in [0.2, 0.25) is 0 Å². The average Bonchev–Trinajstić information content (AvgIpc) is 3.23. The first-order chi connectivity index (χ1) is 9.23. The van der Waals surface area contributed by atoms with Crippen LogP contribution in [0.25, 0.3) is 0 Å². The maximum atomic E-state index is 12.5. The van der Waals surface area contributed by atoms with Crippen LogP contribution in [0.5, 0.6) is 0 Å². The Balaban J connectivity index is 2.34. The Morgan fingerprint density at radius 1 is 1.42 bits per heavy atom. The zero-order chi connectivity index (χ0) is 13.7. The van der Waals surface area contributed by atoms with Gasteiger partial charge in [0.25, 0.3) is 0 Å². The predicted molar refractivity (Wildman–Crippen MR) is 79.3 cm³/mol. The van der Waals surface area contributed by atoms with E-state index in [2.05, 4.69) is 5.32 Å². The van der Waals surface area contributed by atoms with Crippen LogP contribution in [0.1, 0.15) is 25.3 Å². The summed E-state index contributed by atoms with van der Waals surface area (Å²) in [5.41, 5.74) is 0.285. The van der Waals surface area contributed by atoms with Crippen molar-refractivity contribution in [3.63, 3.8) is 0 Å². The molecular weight excluding hydrogens is 258 g/mol. The normalized spacial score (nSPS) is 17.8. The Kier molecular flexibility index (Phi) is 4.88. The Morgan fingerprint density at radius 2 is 2.11 bits per heavy atom. The smallest absolute Gasteiger partial charge is 0.331 e. The second-order valence-electron chi connectivity index (χ2n) is 4.84. The molecule has 19 heavy (non-hydrogen) atoms. The summed E-state index contributed by atoms with van der Waals surface area (Å²) in [5, 5.41) is 3.51. The summed E-state index contributed by atoms with van der Waals surface area (Å²) in [4.78, 5) is 12.5. The lowest BCUT2D eigenvalue weighted by Gasteiger charge is -2.32. The fourth-order valence-corrected chi connectivity index (χ4v) is 3.01. The van der Waals surface area contributed by atoms with Crippen LogP contribution in [0, 0.1) is 0 Å². The zero-order valence-corrected chi connectivity index (χ0v) is 12.3. The molecule has 1 N–H and O–H groups in total. The highest BCUT2D eigenvalue weighted by atomic mass is 32.2. The lowest BCUT2D eigenvalue weighted by Crippen LogP contribution is -2.53. The van der Waals surface area contributed by atoms with E-state index in [0.29, 0.717) is 18.4 Å². The van der Waals surface area contributed by atoms with Crippen LogP contribution in [0.15, 0.2) is 30.3 Å². The molecule has 1 aliphatic rings. The van der Waals surface area contributed by atoms with Crippen LogP contribution in [0.2, 0.25) is 0 Å². The molecule has 104 valence electrons. The Hall–Kier alpha value is -1.00. The second kappa shape index (κ2) is 6.44. The minimum absolute atomic E-state index is 0.164. The molecule has 0 spiro atoms. The van der Waals surface area contributed by atoms with Gasteiger partial charge in [-0.1, -0.05) is 30.3 Å². The van der Waals surface area contributed by atoms with Gasteiger partial charge in [0.05, 0.1) is 6.61 Å². The van der Waals surface area contributed by atoms with Crippen molar-refractivity contribution in [2.45, 2.75) is 31.3 Å². The van der Waals surface area contributed by atoms with E-state index in [1.165, 1.54) is 0 Å². The van der Waals surface area contributed by atoms with Crippen LogP contribution >= 0.6 is 11.8 Å². The van der Waals surface area contributed by atoms with Gasteiger partial charge in [-0.15, -0.1) is 0 Å². The summed E-state index contributed by atoms with van der Waals surface area (Å²) in [6.45, 7) is 2.26. The molecule has 0 heterocycles. The molecule has 1 aromatic rings. The van der Waals surface area contributed by atoms with Crippen LogP contribution in [0.3, 0.4) is 0 Å². The fourth-order valence-electron chi connectivity index (χ4n) is 2.21. The lowest BCUT2D eigenvalue weighted by molar-refractivity contribution is -0.150. The summed E-state index contributed by atoms with van der Waals surface area (Å²) in [6, 6.07) is 10.4. The molecule has 0 amide bonds. The van der Waals surface area contributed by atoms with Crippen LogP contribution in [0.4, 0.5) is 0 Å². The molecule has 0 bridgehead atoms. The van der Waals surface area contributed by atoms with Gasteiger partial charge in [-0.25, -0.2) is 4.79 Å². The van der Waals surface area contributed by atoms with Crippen LogP contribution in [-0.2, 0) is 15.1 Å². The highest BCUT2D eigenvalue weighted by Gasteiger charge is 2.44. The largest absolute Gasteiger partial charge is 0.464 e. The summed E-state index contributed by atoms with van der Waals surface area (Å²) in [5.74, 6) is 0.522. The number of carbonyl (C=O) groups excluding carboxylic acids is 1. The maximum Gasteiger partial charge on any atom is 0.331 e. The summed E-state index contributed by atoms with van der Waals surface area (Å²) in [7, 11) is 0. The highest BCUT2D eigenvalue weighted by Crippen LogP contribution is 2.32. The van der Waals surface area contributed by atoms with E-state index in [1.807, 2.05) is 43.5 Å². The van der Waals surface area contributed by atoms with Crippen molar-refractivity contribution in [1.82, 2.24) is 5.32 Å². The quantitative estimate of drug-likeness (QED) is 0.779. The van der Waals surface area contributed by atoms with Crippen molar-refractivity contribution in [3.8, 4) is 0 Å². The first kappa shape index (κ1) is 14.4. The first-order valence-electron chi connectivity index (χ1n) is 6.72. The molecule has 0 aromatic heterocycles. The highest BCUT2D eigenvalue weighted by molar-refractivity contribution is 7.98. The molecule has 1 atom stereocenters. The molecule has 1 aliphatic carbocycles. The zero-order valence-electron chi connectivity index (χ0n) is 11.5. The van der Waals surface area contributed by atoms with Gasteiger partial charge in [-0.05, 0) is 31.6 Å². The molecule has 1 unspecified atom stereocenters. The van der Waals surface area contributed by atoms with E-state index in [4.69, 9.17) is 4.74 Å². The topological polar surface area (TPSA) is 38.3 Å². The van der Waals surface area contributed by atoms with Crippen molar-refractivity contribution in [1.29, 1.82) is 0 Å². The summed E-state index contributed by atoms with van der Waals surface area (Å²) >= 11 is 1.66. The second-order valence-corrected chi connectivity index (χ2v) is 5.71. The summed E-state index contributed by atoms with van der Waals surface area (Å²) < 4.78 is 5.33. The fraction of sp³-hybridized carbons (Fsp3) is 0.533. The third-order valence-corrected chi connectivity index (χ3v) is 4.00. The predicted octanol–water partition coefficient (Wildman–Crippen LogP) is 2.56. The molecule has 0 radical (unpaired) electrons. The molecule has 3 nitrogen and oxygen atoms in total. The minimum atomic E-state index is -0.710. The number of hydrogen-bond donors (Lipinski definition) is 1. The van der Waals surface area contributed by atoms with Crippen LogP contribution < -0.4 is 5.32 Å². The summed E-state index contributed by atoms with van der Waals surface area (Å²) in [6.07, 6.45) is 4.30. The van der Waals surface area contributed by atoms with Gasteiger partial charge in [-0.3, -0.25) is 5.32 Å². The van der Waals surface area contributed by atoms with Gasteiger partial charge >= 0.3 is 5.97 Å². The van der Waals surface area contributed by atoms with Gasteiger partial charge in [-0.2, -0.15) is 11.8 Å². The third kappa shape index (κ3) is 3.31. The SMILES string of the molecule is CCOC(=O)C(CSC)(NC1CC1)c1ccccc1. The van der Waals surface area contributed by atoms with Gasteiger partial charge in [0.1, 0.15) is 0 Å². The Bertz CT molecular complexity index is 419.